The number of hydrogen-bond donors (Lipinski definition) is 2. The number of hydrogen-bond acceptors (Lipinski definition) is 4. The summed E-state index contributed by atoms with van der Waals surface area (Å²) < 4.78 is 5.76. The van der Waals surface area contributed by atoms with Crippen LogP contribution in [0.1, 0.15) is 43.2 Å². The number of piperidine rings is 1. The monoisotopic (exact) mass is 397 g/mol. The molecule has 0 saturated carbocycles. The molecule has 1 aromatic carbocycles. The van der Waals surface area contributed by atoms with Crippen LogP contribution in [0.5, 0.6) is 5.75 Å². The van der Waals surface area contributed by atoms with Crippen LogP contribution < -0.4 is 15.8 Å². The summed E-state index contributed by atoms with van der Waals surface area (Å²) in [5.74, 6) is 0.843. The maximum Gasteiger partial charge on any atom is 0.226 e. The smallest absolute Gasteiger partial charge is 0.226 e. The van der Waals surface area contributed by atoms with Gasteiger partial charge in [0.15, 0.2) is 0 Å². The quantitative estimate of drug-likeness (QED) is 0.705. The minimum absolute atomic E-state index is 0. The summed E-state index contributed by atoms with van der Waals surface area (Å²) in [5, 5.41) is 2.89. The highest BCUT2D eigenvalue weighted by atomic mass is 35.5. The molecule has 152 valence electrons. The second-order valence-electron chi connectivity index (χ2n) is 7.00. The highest BCUT2D eigenvalue weighted by molar-refractivity contribution is 5.85. The largest absolute Gasteiger partial charge is 0.493 e. The summed E-state index contributed by atoms with van der Waals surface area (Å²) in [5.41, 5.74) is 7.69. The number of carbonyl (C=O) groups excluding carboxylic acids is 2. The lowest BCUT2D eigenvalue weighted by atomic mass is 10.0. The molecule has 1 aliphatic rings. The zero-order chi connectivity index (χ0) is 18.9. The minimum atomic E-state index is -0.0522. The van der Waals surface area contributed by atoms with E-state index >= 15 is 0 Å². The first kappa shape index (κ1) is 23.2. The second kappa shape index (κ2) is 11.8. The first-order valence-corrected chi connectivity index (χ1v) is 9.47. The molecule has 1 unspecified atom stereocenters. The van der Waals surface area contributed by atoms with Gasteiger partial charge in [0.05, 0.1) is 13.0 Å². The lowest BCUT2D eigenvalue weighted by Crippen LogP contribution is -2.49. The molecule has 1 fully saturated rings. The van der Waals surface area contributed by atoms with Crippen LogP contribution in [0, 0.1) is 13.8 Å². The molecular formula is C20H32ClN3O3. The van der Waals surface area contributed by atoms with Gasteiger partial charge < -0.3 is 20.7 Å². The van der Waals surface area contributed by atoms with Crippen LogP contribution in [0.4, 0.5) is 0 Å². The Hall–Kier alpha value is -1.79. The summed E-state index contributed by atoms with van der Waals surface area (Å²) in [6, 6.07) is 6.12. The van der Waals surface area contributed by atoms with Crippen molar-refractivity contribution in [1.29, 1.82) is 0 Å². The van der Waals surface area contributed by atoms with Crippen molar-refractivity contribution in [2.45, 2.75) is 52.0 Å². The van der Waals surface area contributed by atoms with Crippen molar-refractivity contribution >= 4 is 24.2 Å². The van der Waals surface area contributed by atoms with Gasteiger partial charge in [-0.25, -0.2) is 0 Å². The van der Waals surface area contributed by atoms with Gasteiger partial charge in [0.1, 0.15) is 5.75 Å². The molecule has 2 rings (SSSR count). The van der Waals surface area contributed by atoms with E-state index in [9.17, 15) is 9.59 Å². The Morgan fingerprint density at radius 2 is 1.89 bits per heavy atom. The van der Waals surface area contributed by atoms with Gasteiger partial charge in [0.25, 0.3) is 0 Å². The molecule has 27 heavy (non-hydrogen) atoms. The molecule has 0 radical (unpaired) electrons. The van der Waals surface area contributed by atoms with Crippen molar-refractivity contribution in [2.75, 3.05) is 26.2 Å². The van der Waals surface area contributed by atoms with Gasteiger partial charge in [0, 0.05) is 32.1 Å². The fourth-order valence-electron chi connectivity index (χ4n) is 3.41. The first-order valence-electron chi connectivity index (χ1n) is 9.47. The van der Waals surface area contributed by atoms with E-state index in [0.717, 1.165) is 42.7 Å². The molecule has 1 atom stereocenters. The van der Waals surface area contributed by atoms with E-state index in [1.807, 2.05) is 30.9 Å². The molecule has 2 amide bonds. The SMILES string of the molecule is Cc1cc(C)cc(OCCC(=O)N2CCCCC2CNC(=O)CCN)c1.Cl. The number of likely N-dealkylation sites (tertiary alicyclic amines) is 1. The average Bonchev–Trinajstić information content (AvgIpc) is 2.59. The lowest BCUT2D eigenvalue weighted by molar-refractivity contribution is -0.136. The van der Waals surface area contributed by atoms with E-state index in [4.69, 9.17) is 10.5 Å². The van der Waals surface area contributed by atoms with Gasteiger partial charge in [-0.3, -0.25) is 9.59 Å². The van der Waals surface area contributed by atoms with E-state index in [1.165, 1.54) is 0 Å². The molecule has 0 aromatic heterocycles. The molecule has 1 heterocycles. The highest BCUT2D eigenvalue weighted by Gasteiger charge is 2.26. The predicted molar refractivity (Wildman–Crippen MR) is 109 cm³/mol. The van der Waals surface area contributed by atoms with Gasteiger partial charge in [-0.15, -0.1) is 12.4 Å². The zero-order valence-electron chi connectivity index (χ0n) is 16.3. The van der Waals surface area contributed by atoms with Crippen LogP contribution in [0.3, 0.4) is 0 Å². The summed E-state index contributed by atoms with van der Waals surface area (Å²) in [6.07, 6.45) is 3.69. The topological polar surface area (TPSA) is 84.7 Å². The molecule has 0 aliphatic carbocycles. The van der Waals surface area contributed by atoms with Gasteiger partial charge in [-0.05, 0) is 56.4 Å². The number of nitrogens with zero attached hydrogens (tertiary/aromatic N) is 1. The van der Waals surface area contributed by atoms with Crippen molar-refractivity contribution in [3.8, 4) is 5.75 Å². The van der Waals surface area contributed by atoms with Crippen molar-refractivity contribution in [3.63, 3.8) is 0 Å². The molecule has 3 N–H and O–H groups in total. The van der Waals surface area contributed by atoms with Crippen LogP contribution in [0.25, 0.3) is 0 Å². The predicted octanol–water partition coefficient (Wildman–Crippen LogP) is 2.34. The number of nitrogens with two attached hydrogens (primary N) is 1. The Morgan fingerprint density at radius 1 is 1.19 bits per heavy atom. The molecule has 1 aliphatic heterocycles. The summed E-state index contributed by atoms with van der Waals surface area (Å²) in [7, 11) is 0. The molecule has 0 spiro atoms. The highest BCUT2D eigenvalue weighted by Crippen LogP contribution is 2.19. The first-order chi connectivity index (χ1) is 12.5. The number of ether oxygens (including phenoxy) is 1. The van der Waals surface area contributed by atoms with Crippen LogP contribution in [-0.2, 0) is 9.59 Å². The van der Waals surface area contributed by atoms with Crippen LogP contribution in [0.2, 0.25) is 0 Å². The third-order valence-electron chi connectivity index (χ3n) is 4.63. The molecule has 6 nitrogen and oxygen atoms in total. The number of nitrogens with one attached hydrogen (secondary N) is 1. The Labute approximate surface area is 168 Å². The molecular weight excluding hydrogens is 366 g/mol. The van der Waals surface area contributed by atoms with Crippen molar-refractivity contribution in [3.05, 3.63) is 29.3 Å². The third-order valence-corrected chi connectivity index (χ3v) is 4.63. The van der Waals surface area contributed by atoms with Crippen molar-refractivity contribution in [1.82, 2.24) is 10.2 Å². The summed E-state index contributed by atoms with van der Waals surface area (Å²) in [4.78, 5) is 26.1. The molecule has 7 heteroatoms. The van der Waals surface area contributed by atoms with Gasteiger partial charge in [-0.2, -0.15) is 0 Å². The Balaban J connectivity index is 0.00000364. The molecule has 1 aromatic rings. The minimum Gasteiger partial charge on any atom is -0.493 e. The number of rotatable bonds is 8. The van der Waals surface area contributed by atoms with Gasteiger partial charge >= 0.3 is 0 Å². The number of benzene rings is 1. The summed E-state index contributed by atoms with van der Waals surface area (Å²) >= 11 is 0. The normalized spacial score (nSPS) is 16.4. The average molecular weight is 398 g/mol. The number of amides is 2. The third kappa shape index (κ3) is 7.77. The van der Waals surface area contributed by atoms with Crippen LogP contribution >= 0.6 is 12.4 Å². The molecule has 1 saturated heterocycles. The zero-order valence-corrected chi connectivity index (χ0v) is 17.1. The fraction of sp³-hybridized carbons (Fsp3) is 0.600. The number of halogens is 1. The van der Waals surface area contributed by atoms with E-state index in [0.29, 0.717) is 32.5 Å². The van der Waals surface area contributed by atoms with E-state index in [2.05, 4.69) is 11.4 Å². The van der Waals surface area contributed by atoms with E-state index in [-0.39, 0.29) is 30.3 Å². The van der Waals surface area contributed by atoms with Crippen LogP contribution in [0.15, 0.2) is 18.2 Å². The van der Waals surface area contributed by atoms with Gasteiger partial charge in [0.2, 0.25) is 11.8 Å². The van der Waals surface area contributed by atoms with Gasteiger partial charge in [-0.1, -0.05) is 6.07 Å². The number of carbonyl (C=O) groups is 2. The maximum atomic E-state index is 12.6. The number of aryl methyl sites for hydroxylation is 2. The Morgan fingerprint density at radius 3 is 2.56 bits per heavy atom. The summed E-state index contributed by atoms with van der Waals surface area (Å²) in [6.45, 7) is 6.02. The standard InChI is InChI=1S/C20H31N3O3.ClH/c1-15-11-16(2)13-18(12-15)26-10-7-20(25)23-9-4-3-5-17(23)14-22-19(24)6-8-21;/h11-13,17H,3-10,14,21H2,1-2H3,(H,22,24);1H. The molecule has 0 bridgehead atoms. The Bertz CT molecular complexity index is 604. The lowest BCUT2D eigenvalue weighted by Gasteiger charge is -2.36. The van der Waals surface area contributed by atoms with Crippen molar-refractivity contribution < 1.29 is 14.3 Å². The van der Waals surface area contributed by atoms with E-state index in [1.54, 1.807) is 0 Å². The second-order valence-corrected chi connectivity index (χ2v) is 7.00. The maximum absolute atomic E-state index is 12.6. The van der Waals surface area contributed by atoms with E-state index < -0.39 is 0 Å². The van der Waals surface area contributed by atoms with Crippen molar-refractivity contribution in [2.24, 2.45) is 5.73 Å². The van der Waals surface area contributed by atoms with Crippen LogP contribution in [-0.4, -0.2) is 49.0 Å². The fourth-order valence-corrected chi connectivity index (χ4v) is 3.41. The Kier molecular flexibility index (Phi) is 10.2.